The van der Waals surface area contributed by atoms with Gasteiger partial charge >= 0.3 is 5.97 Å². The van der Waals surface area contributed by atoms with Crippen molar-refractivity contribution in [1.82, 2.24) is 5.32 Å². The number of ketones is 1. The minimum absolute atomic E-state index is 0.0313. The Morgan fingerprint density at radius 3 is 2.77 bits per heavy atom. The van der Waals surface area contributed by atoms with Crippen LogP contribution in [0, 0.1) is 5.92 Å². The molecule has 1 rings (SSSR count). The highest BCUT2D eigenvalue weighted by atomic mass is 79.9. The maximum absolute atomic E-state index is 12.1. The molecule has 5 nitrogen and oxygen atoms in total. The van der Waals surface area contributed by atoms with Gasteiger partial charge in [0.15, 0.2) is 12.4 Å². The molecule has 0 aliphatic heterocycles. The summed E-state index contributed by atoms with van der Waals surface area (Å²) in [6, 6.07) is 6.96. The number of amides is 1. The standard InChI is InChI=1S/C16H18BrNO4/c1-3-7-18-15(20)10-22-16(21)11(2)8-14(19)12-5-4-6-13(17)9-12/h3-6,9,11H,1,7-8,10H2,2H3,(H,18,20)/t11-/m0/s1. The first-order chi connectivity index (χ1) is 10.4. The molecule has 0 radical (unpaired) electrons. The molecular formula is C16H18BrNO4. The predicted molar refractivity (Wildman–Crippen MR) is 86.4 cm³/mol. The van der Waals surface area contributed by atoms with E-state index in [0.29, 0.717) is 12.1 Å². The zero-order valence-electron chi connectivity index (χ0n) is 12.3. The highest BCUT2D eigenvalue weighted by molar-refractivity contribution is 9.10. The van der Waals surface area contributed by atoms with Gasteiger partial charge in [0, 0.05) is 23.0 Å². The first kappa shape index (κ1) is 18.1. The van der Waals surface area contributed by atoms with Crippen LogP contribution in [0.5, 0.6) is 0 Å². The van der Waals surface area contributed by atoms with Crippen LogP contribution in [0.15, 0.2) is 41.4 Å². The molecule has 0 fully saturated rings. The molecule has 0 saturated heterocycles. The van der Waals surface area contributed by atoms with E-state index < -0.39 is 17.8 Å². The zero-order valence-corrected chi connectivity index (χ0v) is 13.9. The smallest absolute Gasteiger partial charge is 0.309 e. The average Bonchev–Trinajstić information content (AvgIpc) is 2.50. The summed E-state index contributed by atoms with van der Waals surface area (Å²) in [5.74, 6) is -1.74. The van der Waals surface area contributed by atoms with E-state index in [1.807, 2.05) is 6.07 Å². The molecular weight excluding hydrogens is 350 g/mol. The first-order valence-corrected chi connectivity index (χ1v) is 7.56. The van der Waals surface area contributed by atoms with Crippen molar-refractivity contribution >= 4 is 33.6 Å². The highest BCUT2D eigenvalue weighted by Gasteiger charge is 2.20. The zero-order chi connectivity index (χ0) is 16.5. The molecule has 0 aliphatic rings. The number of hydrogen-bond donors (Lipinski definition) is 1. The maximum Gasteiger partial charge on any atom is 0.309 e. The Bertz CT molecular complexity index is 571. The quantitative estimate of drug-likeness (QED) is 0.435. The van der Waals surface area contributed by atoms with Crippen molar-refractivity contribution in [3.05, 3.63) is 47.0 Å². The molecule has 1 aromatic rings. The van der Waals surface area contributed by atoms with Crippen LogP contribution in [0.2, 0.25) is 0 Å². The second-order valence-corrected chi connectivity index (χ2v) is 5.65. The molecule has 0 bridgehead atoms. The molecule has 1 N–H and O–H groups in total. The molecule has 0 unspecified atom stereocenters. The van der Waals surface area contributed by atoms with Crippen molar-refractivity contribution in [1.29, 1.82) is 0 Å². The Hall–Kier alpha value is -1.95. The van der Waals surface area contributed by atoms with Gasteiger partial charge in [-0.2, -0.15) is 0 Å². The highest BCUT2D eigenvalue weighted by Crippen LogP contribution is 2.16. The van der Waals surface area contributed by atoms with E-state index in [2.05, 4.69) is 27.8 Å². The molecule has 1 aromatic carbocycles. The van der Waals surface area contributed by atoms with E-state index in [1.54, 1.807) is 25.1 Å². The molecule has 22 heavy (non-hydrogen) atoms. The Kier molecular flexibility index (Phi) is 7.52. The number of carbonyl (C=O) groups excluding carboxylic acids is 3. The Morgan fingerprint density at radius 1 is 1.41 bits per heavy atom. The number of hydrogen-bond acceptors (Lipinski definition) is 4. The van der Waals surface area contributed by atoms with Gasteiger partial charge < -0.3 is 10.1 Å². The van der Waals surface area contributed by atoms with Crippen molar-refractivity contribution in [2.75, 3.05) is 13.2 Å². The fraction of sp³-hybridized carbons (Fsp3) is 0.312. The van der Waals surface area contributed by atoms with E-state index >= 15 is 0 Å². The summed E-state index contributed by atoms with van der Waals surface area (Å²) in [5.41, 5.74) is 0.526. The van der Waals surface area contributed by atoms with Gasteiger partial charge in [0.25, 0.3) is 5.91 Å². The van der Waals surface area contributed by atoms with Gasteiger partial charge in [0.1, 0.15) is 0 Å². The Labute approximate surface area is 137 Å². The molecule has 6 heteroatoms. The second kappa shape index (κ2) is 9.15. The molecule has 0 spiro atoms. The van der Waals surface area contributed by atoms with Crippen LogP contribution in [0.25, 0.3) is 0 Å². The van der Waals surface area contributed by atoms with Crippen molar-refractivity contribution in [3.8, 4) is 0 Å². The van der Waals surface area contributed by atoms with E-state index in [9.17, 15) is 14.4 Å². The minimum atomic E-state index is -0.612. The lowest BCUT2D eigenvalue weighted by atomic mass is 10.00. The normalized spacial score (nSPS) is 11.4. The largest absolute Gasteiger partial charge is 0.455 e. The van der Waals surface area contributed by atoms with E-state index in [0.717, 1.165) is 4.47 Å². The summed E-state index contributed by atoms with van der Waals surface area (Å²) in [5, 5.41) is 2.49. The number of carbonyl (C=O) groups is 3. The first-order valence-electron chi connectivity index (χ1n) is 6.77. The van der Waals surface area contributed by atoms with Gasteiger partial charge in [-0.05, 0) is 12.1 Å². The Balaban J connectivity index is 2.45. The number of esters is 1. The molecule has 1 amide bonds. The third kappa shape index (κ3) is 6.22. The van der Waals surface area contributed by atoms with Gasteiger partial charge in [-0.25, -0.2) is 0 Å². The average molecular weight is 368 g/mol. The van der Waals surface area contributed by atoms with Gasteiger partial charge in [-0.3, -0.25) is 14.4 Å². The van der Waals surface area contributed by atoms with Crippen LogP contribution in [0.1, 0.15) is 23.7 Å². The van der Waals surface area contributed by atoms with Gasteiger partial charge in [0.05, 0.1) is 5.92 Å². The minimum Gasteiger partial charge on any atom is -0.455 e. The third-order valence-electron chi connectivity index (χ3n) is 2.83. The van der Waals surface area contributed by atoms with Crippen LogP contribution < -0.4 is 5.32 Å². The van der Waals surface area contributed by atoms with E-state index in [1.165, 1.54) is 6.08 Å². The third-order valence-corrected chi connectivity index (χ3v) is 3.32. The lowest BCUT2D eigenvalue weighted by Crippen LogP contribution is -2.30. The molecule has 0 heterocycles. The fourth-order valence-corrected chi connectivity index (χ4v) is 2.06. The number of rotatable bonds is 8. The van der Waals surface area contributed by atoms with Crippen molar-refractivity contribution < 1.29 is 19.1 Å². The SMILES string of the molecule is C=CCNC(=O)COC(=O)[C@@H](C)CC(=O)c1cccc(Br)c1. The number of nitrogens with one attached hydrogen (secondary N) is 1. The Morgan fingerprint density at radius 2 is 2.14 bits per heavy atom. The fourth-order valence-electron chi connectivity index (χ4n) is 1.66. The number of Topliss-reactive ketones (excluding diaryl/α,β-unsaturated/α-hetero) is 1. The molecule has 0 aromatic heterocycles. The van der Waals surface area contributed by atoms with Crippen molar-refractivity contribution in [2.24, 2.45) is 5.92 Å². The van der Waals surface area contributed by atoms with Crippen LogP contribution in [-0.4, -0.2) is 30.8 Å². The van der Waals surface area contributed by atoms with Gasteiger partial charge in [-0.1, -0.05) is 41.1 Å². The molecule has 118 valence electrons. The van der Waals surface area contributed by atoms with E-state index in [-0.39, 0.29) is 18.8 Å². The topological polar surface area (TPSA) is 72.5 Å². The summed E-state index contributed by atoms with van der Waals surface area (Å²) in [4.78, 5) is 35.1. The predicted octanol–water partition coefficient (Wildman–Crippen LogP) is 2.50. The maximum atomic E-state index is 12.1. The summed E-state index contributed by atoms with van der Waals surface area (Å²) >= 11 is 3.29. The molecule has 0 aliphatic carbocycles. The van der Waals surface area contributed by atoms with Crippen molar-refractivity contribution in [2.45, 2.75) is 13.3 Å². The molecule has 1 atom stereocenters. The van der Waals surface area contributed by atoms with Crippen LogP contribution in [0.3, 0.4) is 0 Å². The second-order valence-electron chi connectivity index (χ2n) is 4.74. The summed E-state index contributed by atoms with van der Waals surface area (Å²) in [7, 11) is 0. The lowest BCUT2D eigenvalue weighted by molar-refractivity contribution is -0.152. The summed E-state index contributed by atoms with van der Waals surface area (Å²) in [6.45, 7) is 5.01. The van der Waals surface area contributed by atoms with Gasteiger partial charge in [0.2, 0.25) is 0 Å². The van der Waals surface area contributed by atoms with Crippen molar-refractivity contribution in [3.63, 3.8) is 0 Å². The van der Waals surface area contributed by atoms with Crippen LogP contribution in [0.4, 0.5) is 0 Å². The molecule has 0 saturated carbocycles. The lowest BCUT2D eigenvalue weighted by Gasteiger charge is -2.11. The number of halogens is 1. The monoisotopic (exact) mass is 367 g/mol. The van der Waals surface area contributed by atoms with E-state index in [4.69, 9.17) is 4.74 Å². The number of ether oxygens (including phenoxy) is 1. The summed E-state index contributed by atoms with van der Waals surface area (Å²) < 4.78 is 5.67. The number of benzene rings is 1. The van der Waals surface area contributed by atoms with Crippen LogP contribution >= 0.6 is 15.9 Å². The summed E-state index contributed by atoms with van der Waals surface area (Å²) in [6.07, 6.45) is 1.56. The van der Waals surface area contributed by atoms with Gasteiger partial charge in [-0.15, -0.1) is 6.58 Å². The van der Waals surface area contributed by atoms with Crippen LogP contribution in [-0.2, 0) is 14.3 Å².